The van der Waals surface area contributed by atoms with Gasteiger partial charge in [0.15, 0.2) is 0 Å². The minimum absolute atomic E-state index is 0.0364. The van der Waals surface area contributed by atoms with Crippen molar-refractivity contribution in [3.8, 4) is 0 Å². The van der Waals surface area contributed by atoms with Crippen molar-refractivity contribution >= 4 is 17.4 Å². The number of non-ortho nitro benzene ring substituents is 1. The monoisotopic (exact) mass is 306 g/mol. The van der Waals surface area contributed by atoms with Crippen molar-refractivity contribution in [2.24, 2.45) is 0 Å². The van der Waals surface area contributed by atoms with Gasteiger partial charge in [-0.15, -0.1) is 0 Å². The van der Waals surface area contributed by atoms with Crippen LogP contribution in [0.5, 0.6) is 0 Å². The van der Waals surface area contributed by atoms with Gasteiger partial charge in [0.1, 0.15) is 0 Å². The van der Waals surface area contributed by atoms with Crippen LogP contribution in [-0.4, -0.2) is 41.5 Å². The minimum atomic E-state index is -0.480. The molecule has 7 nitrogen and oxygen atoms in total. The Bertz CT molecular complexity index is 527. The SMILES string of the molecule is CCCN1CCC(NC(=O)Nc2cccc([N+](=O)[O-])c2)CC1. The summed E-state index contributed by atoms with van der Waals surface area (Å²) < 4.78 is 0. The first-order valence-corrected chi connectivity index (χ1v) is 7.63. The molecule has 0 aromatic heterocycles. The van der Waals surface area contributed by atoms with Crippen LogP contribution in [0.1, 0.15) is 26.2 Å². The molecule has 0 bridgehead atoms. The molecule has 1 aromatic rings. The molecule has 0 saturated carbocycles. The van der Waals surface area contributed by atoms with Crippen LogP contribution < -0.4 is 10.6 Å². The molecular formula is C15H22N4O3. The number of hydrogen-bond acceptors (Lipinski definition) is 4. The Balaban J connectivity index is 1.81. The van der Waals surface area contributed by atoms with Gasteiger partial charge in [-0.05, 0) is 31.9 Å². The van der Waals surface area contributed by atoms with Crippen LogP contribution in [-0.2, 0) is 0 Å². The number of nitrogens with one attached hydrogen (secondary N) is 2. The smallest absolute Gasteiger partial charge is 0.319 e. The fourth-order valence-electron chi connectivity index (χ4n) is 2.67. The summed E-state index contributed by atoms with van der Waals surface area (Å²) >= 11 is 0. The lowest BCUT2D eigenvalue weighted by Gasteiger charge is -2.32. The zero-order valence-electron chi connectivity index (χ0n) is 12.7. The molecule has 2 amide bonds. The summed E-state index contributed by atoms with van der Waals surface area (Å²) in [4.78, 5) is 24.6. The Morgan fingerprint density at radius 2 is 2.14 bits per heavy atom. The van der Waals surface area contributed by atoms with Crippen LogP contribution in [0.15, 0.2) is 24.3 Å². The second kappa shape index (κ2) is 7.74. The fourth-order valence-corrected chi connectivity index (χ4v) is 2.67. The molecule has 2 N–H and O–H groups in total. The van der Waals surface area contributed by atoms with E-state index in [1.54, 1.807) is 12.1 Å². The van der Waals surface area contributed by atoms with E-state index < -0.39 is 4.92 Å². The van der Waals surface area contributed by atoms with Gasteiger partial charge in [0.05, 0.1) is 4.92 Å². The lowest BCUT2D eigenvalue weighted by Crippen LogP contribution is -2.46. The molecular weight excluding hydrogens is 284 g/mol. The zero-order chi connectivity index (χ0) is 15.9. The van der Waals surface area contributed by atoms with Gasteiger partial charge in [-0.2, -0.15) is 0 Å². The van der Waals surface area contributed by atoms with E-state index in [1.807, 2.05) is 0 Å². The second-order valence-corrected chi connectivity index (χ2v) is 5.52. The van der Waals surface area contributed by atoms with E-state index in [4.69, 9.17) is 0 Å². The number of hydrogen-bond donors (Lipinski definition) is 2. The number of carbonyl (C=O) groups excluding carboxylic acids is 1. The molecule has 22 heavy (non-hydrogen) atoms. The number of benzene rings is 1. The Kier molecular flexibility index (Phi) is 5.71. The first-order chi connectivity index (χ1) is 10.6. The first kappa shape index (κ1) is 16.2. The lowest BCUT2D eigenvalue weighted by molar-refractivity contribution is -0.384. The predicted molar refractivity (Wildman–Crippen MR) is 85.0 cm³/mol. The normalized spacial score (nSPS) is 16.2. The number of likely N-dealkylation sites (tertiary alicyclic amines) is 1. The highest BCUT2D eigenvalue weighted by molar-refractivity contribution is 5.89. The topological polar surface area (TPSA) is 87.5 Å². The molecule has 0 spiro atoms. The number of nitrogens with zero attached hydrogens (tertiary/aromatic N) is 2. The predicted octanol–water partition coefficient (Wildman–Crippen LogP) is 2.59. The highest BCUT2D eigenvalue weighted by atomic mass is 16.6. The third-order valence-electron chi connectivity index (χ3n) is 3.78. The molecule has 1 aromatic carbocycles. The van der Waals surface area contributed by atoms with E-state index in [0.717, 1.165) is 38.9 Å². The highest BCUT2D eigenvalue weighted by Crippen LogP contribution is 2.17. The summed E-state index contributed by atoms with van der Waals surface area (Å²) in [5.74, 6) is 0. The Hall–Kier alpha value is -2.15. The van der Waals surface area contributed by atoms with E-state index in [9.17, 15) is 14.9 Å². The van der Waals surface area contributed by atoms with E-state index in [0.29, 0.717) is 5.69 Å². The van der Waals surface area contributed by atoms with Gasteiger partial charge in [0.25, 0.3) is 5.69 Å². The molecule has 1 aliphatic rings. The van der Waals surface area contributed by atoms with E-state index >= 15 is 0 Å². The standard InChI is InChI=1S/C15H22N4O3/c1-2-8-18-9-6-12(7-10-18)16-15(20)17-13-4-3-5-14(11-13)19(21)22/h3-5,11-12H,2,6-10H2,1H3,(H2,16,17,20). The lowest BCUT2D eigenvalue weighted by atomic mass is 10.1. The molecule has 0 radical (unpaired) electrons. The maximum atomic E-state index is 12.0. The van der Waals surface area contributed by atoms with Gasteiger partial charge in [-0.3, -0.25) is 10.1 Å². The third-order valence-corrected chi connectivity index (χ3v) is 3.78. The number of anilines is 1. The maximum absolute atomic E-state index is 12.0. The molecule has 0 aliphatic carbocycles. The molecule has 1 fully saturated rings. The number of piperidine rings is 1. The van der Waals surface area contributed by atoms with Crippen LogP contribution in [0, 0.1) is 10.1 Å². The van der Waals surface area contributed by atoms with Crippen molar-refractivity contribution in [2.75, 3.05) is 25.0 Å². The summed E-state index contributed by atoms with van der Waals surface area (Å²) in [6, 6.07) is 5.78. The van der Waals surface area contributed by atoms with Crippen molar-refractivity contribution in [2.45, 2.75) is 32.2 Å². The van der Waals surface area contributed by atoms with Gasteiger partial charge >= 0.3 is 6.03 Å². The van der Waals surface area contributed by atoms with Crippen LogP contribution in [0.25, 0.3) is 0 Å². The van der Waals surface area contributed by atoms with E-state index in [-0.39, 0.29) is 17.8 Å². The van der Waals surface area contributed by atoms with Crippen molar-refractivity contribution in [3.63, 3.8) is 0 Å². The Labute approximate surface area is 129 Å². The quantitative estimate of drug-likeness (QED) is 0.646. The van der Waals surface area contributed by atoms with Gasteiger partial charge in [0.2, 0.25) is 0 Å². The molecule has 0 unspecified atom stereocenters. The van der Waals surface area contributed by atoms with Crippen molar-refractivity contribution < 1.29 is 9.72 Å². The molecule has 1 saturated heterocycles. The van der Waals surface area contributed by atoms with E-state index in [1.165, 1.54) is 12.1 Å². The zero-order valence-corrected chi connectivity index (χ0v) is 12.7. The second-order valence-electron chi connectivity index (χ2n) is 5.52. The molecule has 2 rings (SSSR count). The fraction of sp³-hybridized carbons (Fsp3) is 0.533. The average Bonchev–Trinajstić information content (AvgIpc) is 2.49. The van der Waals surface area contributed by atoms with Crippen LogP contribution in [0.4, 0.5) is 16.2 Å². The number of carbonyl (C=O) groups is 1. The third kappa shape index (κ3) is 4.70. The highest BCUT2D eigenvalue weighted by Gasteiger charge is 2.20. The molecule has 1 heterocycles. The number of urea groups is 1. The van der Waals surface area contributed by atoms with Crippen LogP contribution in [0.3, 0.4) is 0 Å². The number of amides is 2. The van der Waals surface area contributed by atoms with Gasteiger partial charge in [-0.1, -0.05) is 13.0 Å². The summed E-state index contributed by atoms with van der Waals surface area (Å²) in [5, 5.41) is 16.3. The number of nitro groups is 1. The van der Waals surface area contributed by atoms with Gasteiger partial charge in [0, 0.05) is 37.0 Å². The van der Waals surface area contributed by atoms with Gasteiger partial charge in [-0.25, -0.2) is 4.79 Å². The number of rotatable bonds is 5. The summed E-state index contributed by atoms with van der Waals surface area (Å²) in [7, 11) is 0. The van der Waals surface area contributed by atoms with Crippen LogP contribution >= 0.6 is 0 Å². The Morgan fingerprint density at radius 1 is 1.41 bits per heavy atom. The molecule has 120 valence electrons. The van der Waals surface area contributed by atoms with Crippen molar-refractivity contribution in [1.29, 1.82) is 0 Å². The maximum Gasteiger partial charge on any atom is 0.319 e. The summed E-state index contributed by atoms with van der Waals surface area (Å²) in [5.41, 5.74) is 0.390. The first-order valence-electron chi connectivity index (χ1n) is 7.63. The number of nitro benzene ring substituents is 1. The molecule has 7 heteroatoms. The molecule has 1 aliphatic heterocycles. The average molecular weight is 306 g/mol. The minimum Gasteiger partial charge on any atom is -0.335 e. The largest absolute Gasteiger partial charge is 0.335 e. The van der Waals surface area contributed by atoms with Crippen LogP contribution in [0.2, 0.25) is 0 Å². The van der Waals surface area contributed by atoms with Crippen molar-refractivity contribution in [3.05, 3.63) is 34.4 Å². The van der Waals surface area contributed by atoms with E-state index in [2.05, 4.69) is 22.5 Å². The summed E-state index contributed by atoms with van der Waals surface area (Å²) in [6.45, 7) is 5.26. The summed E-state index contributed by atoms with van der Waals surface area (Å²) in [6.07, 6.45) is 3.01. The Morgan fingerprint density at radius 3 is 2.77 bits per heavy atom. The molecule has 0 atom stereocenters. The van der Waals surface area contributed by atoms with Gasteiger partial charge < -0.3 is 15.5 Å². The van der Waals surface area contributed by atoms with Crippen molar-refractivity contribution in [1.82, 2.24) is 10.2 Å².